The smallest absolute Gasteiger partial charge is 0.251 e. The van der Waals surface area contributed by atoms with Crippen molar-refractivity contribution in [1.29, 1.82) is 0 Å². The Balaban J connectivity index is 0.00000576. The Hall–Kier alpha value is -0.670. The molecule has 3 N–H and O–H groups in total. The number of halogens is 2. The molecule has 0 aromatic heterocycles. The number of hydrogen-bond acceptors (Lipinski definition) is 3. The van der Waals surface area contributed by atoms with Gasteiger partial charge in [0.05, 0.1) is 0 Å². The fourth-order valence-corrected chi connectivity index (χ4v) is 2.57. The average molecular weight is 499 g/mol. The van der Waals surface area contributed by atoms with Crippen LogP contribution in [0.15, 0.2) is 29.3 Å². The fourth-order valence-electron chi connectivity index (χ4n) is 1.95. The van der Waals surface area contributed by atoms with E-state index in [0.29, 0.717) is 23.7 Å². The van der Waals surface area contributed by atoms with E-state index < -0.39 is 0 Å². The zero-order chi connectivity index (χ0) is 17.6. The standard InChI is InChI=1S/C17H27ClN4OS.HI/c1-3-19-17(21-10-4-5-13-24-2)22-12-11-20-16(23)14-6-8-15(18)9-7-14;/h6-9H,3-5,10-13H2,1-2H3,(H,20,23)(H2,19,21,22);1H. The molecule has 1 aromatic rings. The van der Waals surface area contributed by atoms with Crippen LogP contribution < -0.4 is 16.0 Å². The van der Waals surface area contributed by atoms with Crippen molar-refractivity contribution in [3.8, 4) is 0 Å². The lowest BCUT2D eigenvalue weighted by Gasteiger charge is -2.12. The van der Waals surface area contributed by atoms with Crippen LogP contribution in [-0.2, 0) is 0 Å². The van der Waals surface area contributed by atoms with E-state index in [0.717, 1.165) is 25.5 Å². The number of unbranched alkanes of at least 4 members (excludes halogenated alkanes) is 1. The maximum Gasteiger partial charge on any atom is 0.251 e. The summed E-state index contributed by atoms with van der Waals surface area (Å²) < 4.78 is 0. The minimum Gasteiger partial charge on any atom is -0.357 e. The Morgan fingerprint density at radius 2 is 1.80 bits per heavy atom. The van der Waals surface area contributed by atoms with Gasteiger partial charge in [-0.15, -0.1) is 24.0 Å². The van der Waals surface area contributed by atoms with Crippen molar-refractivity contribution in [2.75, 3.05) is 38.2 Å². The molecule has 1 aromatic carbocycles. The predicted octanol–water partition coefficient (Wildman–Crippen LogP) is 3.39. The van der Waals surface area contributed by atoms with Gasteiger partial charge in [-0.25, -0.2) is 0 Å². The van der Waals surface area contributed by atoms with E-state index in [1.165, 1.54) is 12.2 Å². The summed E-state index contributed by atoms with van der Waals surface area (Å²) in [4.78, 5) is 16.5. The molecule has 0 fully saturated rings. The molecule has 0 spiro atoms. The second-order valence-corrected chi connectivity index (χ2v) is 6.57. The maximum atomic E-state index is 12.0. The molecule has 0 aliphatic carbocycles. The van der Waals surface area contributed by atoms with Crippen LogP contribution in [0, 0.1) is 0 Å². The summed E-state index contributed by atoms with van der Waals surface area (Å²) in [6.45, 7) is 4.81. The quantitative estimate of drug-likeness (QED) is 0.200. The third-order valence-corrected chi connectivity index (χ3v) is 4.13. The molecule has 0 saturated carbocycles. The van der Waals surface area contributed by atoms with E-state index in [2.05, 4.69) is 27.2 Å². The van der Waals surface area contributed by atoms with E-state index in [-0.39, 0.29) is 29.9 Å². The molecule has 0 heterocycles. The van der Waals surface area contributed by atoms with Gasteiger partial charge in [0.15, 0.2) is 5.96 Å². The van der Waals surface area contributed by atoms with Crippen LogP contribution in [0.3, 0.4) is 0 Å². The number of carbonyl (C=O) groups is 1. The van der Waals surface area contributed by atoms with Crippen molar-refractivity contribution in [1.82, 2.24) is 16.0 Å². The molecule has 0 unspecified atom stereocenters. The van der Waals surface area contributed by atoms with E-state index >= 15 is 0 Å². The lowest BCUT2D eigenvalue weighted by molar-refractivity contribution is 0.0954. The van der Waals surface area contributed by atoms with Gasteiger partial charge in [-0.3, -0.25) is 9.79 Å². The highest BCUT2D eigenvalue weighted by Gasteiger charge is 2.04. The number of aliphatic imine (C=N–C) groups is 1. The first-order valence-corrected chi connectivity index (χ1v) is 9.99. The highest BCUT2D eigenvalue weighted by Crippen LogP contribution is 2.09. The van der Waals surface area contributed by atoms with Crippen LogP contribution in [0.25, 0.3) is 0 Å². The molecule has 0 radical (unpaired) electrons. The summed E-state index contributed by atoms with van der Waals surface area (Å²) in [6, 6.07) is 6.85. The molecular formula is C17H28ClIN4OS. The lowest BCUT2D eigenvalue weighted by atomic mass is 10.2. The van der Waals surface area contributed by atoms with E-state index in [9.17, 15) is 4.79 Å². The molecule has 25 heavy (non-hydrogen) atoms. The van der Waals surface area contributed by atoms with E-state index in [4.69, 9.17) is 11.6 Å². The summed E-state index contributed by atoms with van der Waals surface area (Å²) in [7, 11) is 0. The van der Waals surface area contributed by atoms with Crippen LogP contribution in [0.5, 0.6) is 0 Å². The Morgan fingerprint density at radius 1 is 1.12 bits per heavy atom. The number of nitrogens with one attached hydrogen (secondary N) is 3. The second-order valence-electron chi connectivity index (χ2n) is 5.15. The van der Waals surface area contributed by atoms with Gasteiger partial charge in [-0.2, -0.15) is 11.8 Å². The third-order valence-electron chi connectivity index (χ3n) is 3.18. The summed E-state index contributed by atoms with van der Waals surface area (Å²) >= 11 is 7.68. The van der Waals surface area contributed by atoms with Gasteiger partial charge in [0.2, 0.25) is 0 Å². The molecule has 5 nitrogen and oxygen atoms in total. The number of carbonyl (C=O) groups excluding carboxylic acids is 1. The summed E-state index contributed by atoms with van der Waals surface area (Å²) in [5, 5.41) is 9.92. The van der Waals surface area contributed by atoms with Crippen LogP contribution in [0.2, 0.25) is 5.02 Å². The molecule has 8 heteroatoms. The molecule has 0 saturated heterocycles. The van der Waals surface area contributed by atoms with Gasteiger partial charge >= 0.3 is 0 Å². The fraction of sp³-hybridized carbons (Fsp3) is 0.529. The summed E-state index contributed by atoms with van der Waals surface area (Å²) in [5.74, 6) is 1.87. The van der Waals surface area contributed by atoms with E-state index in [1.54, 1.807) is 24.3 Å². The molecule has 0 aliphatic heterocycles. The van der Waals surface area contributed by atoms with Crippen molar-refractivity contribution in [2.45, 2.75) is 19.8 Å². The third kappa shape index (κ3) is 11.5. The van der Waals surface area contributed by atoms with Crippen molar-refractivity contribution in [2.24, 2.45) is 4.99 Å². The van der Waals surface area contributed by atoms with Crippen molar-refractivity contribution in [3.05, 3.63) is 34.9 Å². The lowest BCUT2D eigenvalue weighted by Crippen LogP contribution is -2.41. The predicted molar refractivity (Wildman–Crippen MR) is 121 cm³/mol. The number of guanidine groups is 1. The van der Waals surface area contributed by atoms with Crippen LogP contribution in [0.4, 0.5) is 0 Å². The first kappa shape index (κ1) is 24.3. The Kier molecular flexibility index (Phi) is 15.2. The number of benzene rings is 1. The molecule has 0 aliphatic rings. The number of nitrogens with zero attached hydrogens (tertiary/aromatic N) is 1. The second kappa shape index (κ2) is 15.6. The number of amides is 1. The molecular weight excluding hydrogens is 471 g/mol. The Bertz CT molecular complexity index is 514. The molecule has 1 amide bonds. The van der Waals surface area contributed by atoms with E-state index in [1.807, 2.05) is 18.7 Å². The zero-order valence-electron chi connectivity index (χ0n) is 14.8. The minimum absolute atomic E-state index is 0. The maximum absolute atomic E-state index is 12.0. The average Bonchev–Trinajstić information content (AvgIpc) is 2.58. The number of thioether (sulfide) groups is 1. The SMILES string of the molecule is CCNC(=NCCCCSC)NCCNC(=O)c1ccc(Cl)cc1.I. The van der Waals surface area contributed by atoms with Gasteiger partial charge < -0.3 is 16.0 Å². The minimum atomic E-state index is -0.104. The first-order valence-electron chi connectivity index (χ1n) is 8.22. The monoisotopic (exact) mass is 498 g/mol. The van der Waals surface area contributed by atoms with Gasteiger partial charge in [-0.05, 0) is 56.0 Å². The van der Waals surface area contributed by atoms with Gasteiger partial charge in [0, 0.05) is 36.8 Å². The van der Waals surface area contributed by atoms with Gasteiger partial charge in [0.25, 0.3) is 5.91 Å². The van der Waals surface area contributed by atoms with Crippen LogP contribution in [0.1, 0.15) is 30.1 Å². The largest absolute Gasteiger partial charge is 0.357 e. The first-order chi connectivity index (χ1) is 11.7. The summed E-state index contributed by atoms with van der Waals surface area (Å²) in [5.41, 5.74) is 0.605. The Labute approximate surface area is 177 Å². The number of hydrogen-bond donors (Lipinski definition) is 3. The molecule has 1 rings (SSSR count). The van der Waals surface area contributed by atoms with Crippen molar-refractivity contribution < 1.29 is 4.79 Å². The van der Waals surface area contributed by atoms with Gasteiger partial charge in [0.1, 0.15) is 0 Å². The Morgan fingerprint density at radius 3 is 2.44 bits per heavy atom. The molecule has 0 atom stereocenters. The van der Waals surface area contributed by atoms with Crippen molar-refractivity contribution in [3.63, 3.8) is 0 Å². The van der Waals surface area contributed by atoms with Gasteiger partial charge in [-0.1, -0.05) is 11.6 Å². The highest BCUT2D eigenvalue weighted by atomic mass is 127. The normalized spacial score (nSPS) is 10.8. The molecule has 142 valence electrons. The molecule has 0 bridgehead atoms. The topological polar surface area (TPSA) is 65.5 Å². The highest BCUT2D eigenvalue weighted by molar-refractivity contribution is 14.0. The number of rotatable bonds is 10. The van der Waals surface area contributed by atoms with Crippen LogP contribution in [-0.4, -0.2) is 50.1 Å². The zero-order valence-corrected chi connectivity index (χ0v) is 18.7. The van der Waals surface area contributed by atoms with Crippen LogP contribution >= 0.6 is 47.3 Å². The van der Waals surface area contributed by atoms with Crippen molar-refractivity contribution >= 4 is 59.2 Å². The summed E-state index contributed by atoms with van der Waals surface area (Å²) in [6.07, 6.45) is 4.39.